The smallest absolute Gasteiger partial charge is 0.325 e. The molecule has 1 fully saturated rings. The molecule has 2 aliphatic heterocycles. The molecule has 8 heteroatoms. The molecule has 3 amide bonds. The van der Waals surface area contributed by atoms with Crippen molar-refractivity contribution >= 4 is 28.6 Å². The Kier molecular flexibility index (Phi) is 4.02. The normalized spacial score (nSPS) is 20.1. The van der Waals surface area contributed by atoms with Crippen molar-refractivity contribution in [2.24, 2.45) is 0 Å². The Bertz CT molecular complexity index is 1200. The number of hydrogen-bond acceptors (Lipinski definition) is 5. The van der Waals surface area contributed by atoms with Gasteiger partial charge in [-0.1, -0.05) is 24.3 Å². The molecule has 0 aliphatic carbocycles. The summed E-state index contributed by atoms with van der Waals surface area (Å²) in [5.41, 5.74) is 0.951. The van der Waals surface area contributed by atoms with Crippen LogP contribution in [0.4, 0.5) is 4.79 Å². The van der Waals surface area contributed by atoms with E-state index in [0.29, 0.717) is 17.1 Å². The first-order valence-electron chi connectivity index (χ1n) is 9.56. The molecule has 0 unspecified atom stereocenters. The highest BCUT2D eigenvalue weighted by Gasteiger charge is 2.48. The van der Waals surface area contributed by atoms with Gasteiger partial charge in [-0.15, -0.1) is 0 Å². The van der Waals surface area contributed by atoms with E-state index in [1.165, 1.54) is 0 Å². The summed E-state index contributed by atoms with van der Waals surface area (Å²) in [6, 6.07) is 12.2. The summed E-state index contributed by atoms with van der Waals surface area (Å²) in [5, 5.41) is 3.50. The van der Waals surface area contributed by atoms with Gasteiger partial charge in [0, 0.05) is 29.1 Å². The van der Waals surface area contributed by atoms with Crippen LogP contribution in [0.15, 0.2) is 48.7 Å². The van der Waals surface area contributed by atoms with E-state index in [9.17, 15) is 14.4 Å². The predicted molar refractivity (Wildman–Crippen MR) is 108 cm³/mol. The molecular formula is C22H19N3O5. The van der Waals surface area contributed by atoms with Gasteiger partial charge < -0.3 is 19.8 Å². The van der Waals surface area contributed by atoms with E-state index >= 15 is 0 Å². The molecule has 1 aromatic heterocycles. The number of nitrogens with zero attached hydrogens (tertiary/aromatic N) is 1. The minimum absolute atomic E-state index is 0.162. The van der Waals surface area contributed by atoms with Crippen molar-refractivity contribution in [2.45, 2.75) is 18.9 Å². The van der Waals surface area contributed by atoms with E-state index in [4.69, 9.17) is 9.47 Å². The topological polar surface area (TPSA) is 101 Å². The van der Waals surface area contributed by atoms with Crippen LogP contribution in [0.1, 0.15) is 22.8 Å². The quantitative estimate of drug-likeness (QED) is 0.502. The number of ketones is 1. The third kappa shape index (κ3) is 2.88. The zero-order valence-electron chi connectivity index (χ0n) is 16.2. The number of benzene rings is 2. The minimum atomic E-state index is -1.15. The molecule has 5 rings (SSSR count). The Morgan fingerprint density at radius 2 is 1.93 bits per heavy atom. The molecule has 2 N–H and O–H groups in total. The van der Waals surface area contributed by atoms with Crippen LogP contribution in [0.2, 0.25) is 0 Å². The van der Waals surface area contributed by atoms with E-state index in [1.807, 2.05) is 30.3 Å². The van der Waals surface area contributed by atoms with Crippen molar-refractivity contribution in [2.75, 3.05) is 13.3 Å². The molecule has 8 nitrogen and oxygen atoms in total. The first-order valence-corrected chi connectivity index (χ1v) is 9.56. The third-order valence-electron chi connectivity index (χ3n) is 5.53. The molecule has 3 aromatic rings. The summed E-state index contributed by atoms with van der Waals surface area (Å²) in [4.78, 5) is 42.5. The molecule has 0 saturated carbocycles. The first kappa shape index (κ1) is 18.2. The second kappa shape index (κ2) is 6.62. The Morgan fingerprint density at radius 3 is 2.80 bits per heavy atom. The maximum atomic E-state index is 13.1. The Balaban J connectivity index is 1.35. The summed E-state index contributed by atoms with van der Waals surface area (Å²) < 4.78 is 10.7. The van der Waals surface area contributed by atoms with Gasteiger partial charge in [0.15, 0.2) is 17.3 Å². The molecule has 2 aromatic carbocycles. The monoisotopic (exact) mass is 405 g/mol. The largest absolute Gasteiger partial charge is 0.454 e. The molecule has 0 bridgehead atoms. The Morgan fingerprint density at radius 1 is 1.13 bits per heavy atom. The van der Waals surface area contributed by atoms with Gasteiger partial charge in [0.1, 0.15) is 5.54 Å². The summed E-state index contributed by atoms with van der Waals surface area (Å²) >= 11 is 0. The van der Waals surface area contributed by atoms with Gasteiger partial charge in [-0.3, -0.25) is 14.5 Å². The number of carbonyl (C=O) groups is 3. The van der Waals surface area contributed by atoms with Crippen LogP contribution in [0.3, 0.4) is 0 Å². The number of carbonyl (C=O) groups excluding carboxylic acids is 3. The van der Waals surface area contributed by atoms with Crippen LogP contribution < -0.4 is 14.8 Å². The molecule has 30 heavy (non-hydrogen) atoms. The third-order valence-corrected chi connectivity index (χ3v) is 5.53. The number of imide groups is 1. The number of para-hydroxylation sites is 1. The number of hydrogen-bond donors (Lipinski definition) is 2. The lowest BCUT2D eigenvalue weighted by Crippen LogP contribution is -2.46. The lowest BCUT2D eigenvalue weighted by Gasteiger charge is -2.21. The number of urea groups is 1. The maximum Gasteiger partial charge on any atom is 0.325 e. The second-order valence-electron chi connectivity index (χ2n) is 7.69. The van der Waals surface area contributed by atoms with E-state index in [0.717, 1.165) is 21.4 Å². The lowest BCUT2D eigenvalue weighted by molar-refractivity contribution is -0.130. The maximum absolute atomic E-state index is 13.1. The van der Waals surface area contributed by atoms with E-state index in [-0.39, 0.29) is 25.5 Å². The number of aromatic amines is 1. The van der Waals surface area contributed by atoms with Gasteiger partial charge in [-0.2, -0.15) is 0 Å². The Labute approximate surface area is 171 Å². The SMILES string of the molecule is C[C@@]1(Cc2ccc3c(c2)OCO3)NC(=O)N(CC(=O)c2c[nH]c3ccccc23)C1=O. The standard InChI is InChI=1S/C22H19N3O5/c1-22(9-13-6-7-18-19(8-13)30-12-29-18)20(27)25(21(28)24-22)11-17(26)15-10-23-16-5-3-2-4-14(15)16/h2-8,10,23H,9,11-12H2,1H3,(H,24,28)/t22-/m0/s1. The number of amides is 3. The van der Waals surface area contributed by atoms with Gasteiger partial charge in [-0.05, 0) is 30.7 Å². The van der Waals surface area contributed by atoms with Gasteiger partial charge >= 0.3 is 6.03 Å². The predicted octanol–water partition coefficient (Wildman–Crippen LogP) is 2.63. The van der Waals surface area contributed by atoms with Crippen LogP contribution in [0.5, 0.6) is 11.5 Å². The highest BCUT2D eigenvalue weighted by atomic mass is 16.7. The molecule has 1 atom stereocenters. The van der Waals surface area contributed by atoms with Crippen molar-refractivity contribution in [3.05, 3.63) is 59.8 Å². The van der Waals surface area contributed by atoms with Crippen molar-refractivity contribution < 1.29 is 23.9 Å². The number of Topliss-reactive ketones (excluding diaryl/α,β-unsaturated/α-hetero) is 1. The highest BCUT2D eigenvalue weighted by Crippen LogP contribution is 2.34. The molecule has 152 valence electrons. The van der Waals surface area contributed by atoms with Gasteiger partial charge in [0.25, 0.3) is 5.91 Å². The molecule has 0 radical (unpaired) electrons. The minimum Gasteiger partial charge on any atom is -0.454 e. The average molecular weight is 405 g/mol. The van der Waals surface area contributed by atoms with Gasteiger partial charge in [-0.25, -0.2) is 4.79 Å². The molecule has 1 saturated heterocycles. The van der Waals surface area contributed by atoms with E-state index in [2.05, 4.69) is 10.3 Å². The van der Waals surface area contributed by atoms with Crippen molar-refractivity contribution in [1.29, 1.82) is 0 Å². The number of fused-ring (bicyclic) bond motifs is 2. The fraction of sp³-hybridized carbons (Fsp3) is 0.227. The number of aromatic nitrogens is 1. The highest BCUT2D eigenvalue weighted by molar-refractivity contribution is 6.14. The number of ether oxygens (including phenoxy) is 2. The van der Waals surface area contributed by atoms with Gasteiger partial charge in [0.2, 0.25) is 6.79 Å². The number of nitrogens with one attached hydrogen (secondary N) is 2. The summed E-state index contributed by atoms with van der Waals surface area (Å²) in [7, 11) is 0. The Hall–Kier alpha value is -3.81. The fourth-order valence-electron chi connectivity index (χ4n) is 4.00. The molecule has 3 heterocycles. The van der Waals surface area contributed by atoms with E-state index < -0.39 is 17.5 Å². The van der Waals surface area contributed by atoms with Crippen LogP contribution >= 0.6 is 0 Å². The second-order valence-corrected chi connectivity index (χ2v) is 7.69. The summed E-state index contributed by atoms with van der Waals surface area (Å²) in [6.07, 6.45) is 1.88. The zero-order chi connectivity index (χ0) is 20.9. The van der Waals surface area contributed by atoms with E-state index in [1.54, 1.807) is 25.3 Å². The van der Waals surface area contributed by atoms with Crippen LogP contribution in [-0.4, -0.2) is 46.5 Å². The fourth-order valence-corrected chi connectivity index (χ4v) is 4.00. The lowest BCUT2D eigenvalue weighted by atomic mass is 9.92. The van der Waals surface area contributed by atoms with Crippen LogP contribution in [-0.2, 0) is 11.2 Å². The average Bonchev–Trinajstić information content (AvgIpc) is 3.41. The summed E-state index contributed by atoms with van der Waals surface area (Å²) in [6.45, 7) is 1.51. The summed E-state index contributed by atoms with van der Waals surface area (Å²) in [5.74, 6) is 0.525. The van der Waals surface area contributed by atoms with Gasteiger partial charge in [0.05, 0.1) is 6.54 Å². The first-order chi connectivity index (χ1) is 14.4. The van der Waals surface area contributed by atoms with Crippen molar-refractivity contribution in [3.63, 3.8) is 0 Å². The zero-order valence-corrected chi connectivity index (χ0v) is 16.2. The number of H-pyrrole nitrogens is 1. The molecule has 0 spiro atoms. The molecule has 2 aliphatic rings. The van der Waals surface area contributed by atoms with Crippen molar-refractivity contribution in [1.82, 2.24) is 15.2 Å². The molecular weight excluding hydrogens is 386 g/mol. The van der Waals surface area contributed by atoms with Crippen molar-refractivity contribution in [3.8, 4) is 11.5 Å². The number of rotatable bonds is 5. The van der Waals surface area contributed by atoms with Crippen LogP contribution in [0, 0.1) is 0 Å². The van der Waals surface area contributed by atoms with Crippen LogP contribution in [0.25, 0.3) is 10.9 Å².